The minimum absolute atomic E-state index is 0.247. The normalized spacial score (nSPS) is 18.6. The summed E-state index contributed by atoms with van der Waals surface area (Å²) in [5, 5.41) is 11.4. The summed E-state index contributed by atoms with van der Waals surface area (Å²) in [6.07, 6.45) is 0.828. The Morgan fingerprint density at radius 1 is 1.23 bits per heavy atom. The highest BCUT2D eigenvalue weighted by Crippen LogP contribution is 2.36. The lowest BCUT2D eigenvalue weighted by atomic mass is 9.88. The highest BCUT2D eigenvalue weighted by molar-refractivity contribution is 5.52. The van der Waals surface area contributed by atoms with E-state index in [1.54, 1.807) is 19.1 Å². The van der Waals surface area contributed by atoms with E-state index in [1.165, 1.54) is 12.1 Å². The number of hydrogen-bond donors (Lipinski definition) is 0. The van der Waals surface area contributed by atoms with Gasteiger partial charge in [-0.2, -0.15) is 0 Å². The first kappa shape index (κ1) is 14.5. The average molecular weight is 300 g/mol. The lowest BCUT2D eigenvalue weighted by Crippen LogP contribution is -2.43. The molecular formula is C17H17FN2O2. The van der Waals surface area contributed by atoms with Crippen molar-refractivity contribution in [3.8, 4) is 0 Å². The van der Waals surface area contributed by atoms with Crippen molar-refractivity contribution in [2.75, 3.05) is 11.4 Å². The molecule has 114 valence electrons. The van der Waals surface area contributed by atoms with E-state index >= 15 is 0 Å². The Morgan fingerprint density at radius 2 is 1.91 bits per heavy atom. The molecule has 0 aromatic heterocycles. The zero-order valence-electron chi connectivity index (χ0n) is 12.3. The van der Waals surface area contributed by atoms with Crippen molar-refractivity contribution in [3.05, 3.63) is 75.6 Å². The second kappa shape index (κ2) is 5.75. The molecule has 0 spiro atoms. The number of anilines is 1. The first-order valence-electron chi connectivity index (χ1n) is 7.31. The van der Waals surface area contributed by atoms with Crippen LogP contribution in [0.5, 0.6) is 0 Å². The molecule has 1 heterocycles. The zero-order chi connectivity index (χ0) is 15.7. The first-order chi connectivity index (χ1) is 10.6. The van der Waals surface area contributed by atoms with Crippen molar-refractivity contribution < 1.29 is 9.31 Å². The lowest BCUT2D eigenvalue weighted by Gasteiger charge is -2.39. The van der Waals surface area contributed by atoms with E-state index in [4.69, 9.17) is 0 Å². The second-order valence-electron chi connectivity index (χ2n) is 5.59. The standard InChI is InChI=1S/C17H17FN2O2/c1-12(20(21)22)17-16-5-3-2-4-13(16)10-11-19(17)15-8-6-14(18)7-9-15/h2-9,12,17H,10-11H2,1H3. The summed E-state index contributed by atoms with van der Waals surface area (Å²) >= 11 is 0. The maximum absolute atomic E-state index is 13.2. The summed E-state index contributed by atoms with van der Waals surface area (Å²) in [5.41, 5.74) is 2.96. The molecule has 22 heavy (non-hydrogen) atoms. The van der Waals surface area contributed by atoms with E-state index in [2.05, 4.69) is 0 Å². The molecule has 0 aliphatic carbocycles. The molecule has 5 heteroatoms. The van der Waals surface area contributed by atoms with E-state index in [1.807, 2.05) is 29.2 Å². The molecule has 0 amide bonds. The minimum Gasteiger partial charge on any atom is -0.358 e. The van der Waals surface area contributed by atoms with Crippen LogP contribution in [0.2, 0.25) is 0 Å². The SMILES string of the molecule is CC(C1c2ccccc2CCN1c1ccc(F)cc1)[N+](=O)[O-]. The molecule has 0 saturated carbocycles. The Balaban J connectivity index is 2.06. The van der Waals surface area contributed by atoms with E-state index in [0.717, 1.165) is 23.2 Å². The Bertz CT molecular complexity index is 687. The van der Waals surface area contributed by atoms with Crippen LogP contribution in [0.15, 0.2) is 48.5 Å². The van der Waals surface area contributed by atoms with Crippen LogP contribution in [0.25, 0.3) is 0 Å². The van der Waals surface area contributed by atoms with Gasteiger partial charge in [0.1, 0.15) is 11.9 Å². The molecule has 0 fully saturated rings. The van der Waals surface area contributed by atoms with Crippen LogP contribution in [0.4, 0.5) is 10.1 Å². The highest BCUT2D eigenvalue weighted by atomic mass is 19.1. The number of benzene rings is 2. The number of rotatable bonds is 3. The third-order valence-electron chi connectivity index (χ3n) is 4.28. The first-order valence-corrected chi connectivity index (χ1v) is 7.31. The van der Waals surface area contributed by atoms with Crippen molar-refractivity contribution in [3.63, 3.8) is 0 Å². The molecule has 1 aliphatic heterocycles. The van der Waals surface area contributed by atoms with Gasteiger partial charge in [-0.05, 0) is 41.8 Å². The van der Waals surface area contributed by atoms with Gasteiger partial charge in [-0.3, -0.25) is 10.1 Å². The maximum atomic E-state index is 13.2. The second-order valence-corrected chi connectivity index (χ2v) is 5.59. The van der Waals surface area contributed by atoms with Gasteiger partial charge in [-0.15, -0.1) is 0 Å². The molecule has 1 aliphatic rings. The van der Waals surface area contributed by atoms with Crippen molar-refractivity contribution >= 4 is 5.69 Å². The number of nitro groups is 1. The van der Waals surface area contributed by atoms with Crippen LogP contribution in [0.1, 0.15) is 24.1 Å². The predicted molar refractivity (Wildman–Crippen MR) is 83.1 cm³/mol. The number of nitrogens with zero attached hydrogens (tertiary/aromatic N) is 2. The maximum Gasteiger partial charge on any atom is 0.234 e. The predicted octanol–water partition coefficient (Wildman–Crippen LogP) is 3.59. The Morgan fingerprint density at radius 3 is 2.59 bits per heavy atom. The molecule has 3 rings (SSSR count). The van der Waals surface area contributed by atoms with Crippen LogP contribution >= 0.6 is 0 Å². The van der Waals surface area contributed by atoms with E-state index < -0.39 is 6.04 Å². The topological polar surface area (TPSA) is 46.4 Å². The molecule has 0 radical (unpaired) electrons. The van der Waals surface area contributed by atoms with Gasteiger partial charge in [0.15, 0.2) is 0 Å². The van der Waals surface area contributed by atoms with Crippen molar-refractivity contribution in [2.45, 2.75) is 25.4 Å². The largest absolute Gasteiger partial charge is 0.358 e. The molecule has 0 saturated heterocycles. The van der Waals surface area contributed by atoms with E-state index in [0.29, 0.717) is 6.54 Å². The molecular weight excluding hydrogens is 283 g/mol. The minimum atomic E-state index is -0.744. The molecule has 2 aromatic rings. The van der Waals surface area contributed by atoms with Gasteiger partial charge < -0.3 is 4.90 Å². The Kier molecular flexibility index (Phi) is 3.79. The van der Waals surface area contributed by atoms with Gasteiger partial charge in [-0.1, -0.05) is 24.3 Å². The molecule has 0 N–H and O–H groups in total. The zero-order valence-corrected chi connectivity index (χ0v) is 12.3. The van der Waals surface area contributed by atoms with Gasteiger partial charge in [0.25, 0.3) is 0 Å². The smallest absolute Gasteiger partial charge is 0.234 e. The quantitative estimate of drug-likeness (QED) is 0.643. The fraction of sp³-hybridized carbons (Fsp3) is 0.294. The summed E-state index contributed by atoms with van der Waals surface area (Å²) < 4.78 is 13.2. The molecule has 2 atom stereocenters. The van der Waals surface area contributed by atoms with Gasteiger partial charge in [0, 0.05) is 24.1 Å². The fourth-order valence-corrected chi connectivity index (χ4v) is 3.16. The summed E-state index contributed by atoms with van der Waals surface area (Å²) in [5.74, 6) is -0.306. The van der Waals surface area contributed by atoms with E-state index in [-0.39, 0.29) is 16.8 Å². The number of fused-ring (bicyclic) bond motifs is 1. The monoisotopic (exact) mass is 300 g/mol. The highest BCUT2D eigenvalue weighted by Gasteiger charge is 2.37. The Hall–Kier alpha value is -2.43. The third-order valence-corrected chi connectivity index (χ3v) is 4.28. The van der Waals surface area contributed by atoms with Crippen molar-refractivity contribution in [2.24, 2.45) is 0 Å². The molecule has 2 unspecified atom stereocenters. The van der Waals surface area contributed by atoms with Crippen LogP contribution in [0.3, 0.4) is 0 Å². The van der Waals surface area contributed by atoms with Gasteiger partial charge in [0.05, 0.1) is 0 Å². The molecule has 2 aromatic carbocycles. The summed E-state index contributed by atoms with van der Waals surface area (Å²) in [6.45, 7) is 2.31. The summed E-state index contributed by atoms with van der Waals surface area (Å²) in [4.78, 5) is 13.1. The van der Waals surface area contributed by atoms with Crippen molar-refractivity contribution in [1.82, 2.24) is 0 Å². The van der Waals surface area contributed by atoms with Crippen LogP contribution in [-0.2, 0) is 6.42 Å². The average Bonchev–Trinajstić information content (AvgIpc) is 2.54. The molecule has 0 bridgehead atoms. The van der Waals surface area contributed by atoms with Gasteiger partial charge in [-0.25, -0.2) is 4.39 Å². The van der Waals surface area contributed by atoms with Crippen molar-refractivity contribution in [1.29, 1.82) is 0 Å². The Labute approximate surface area is 128 Å². The molecule has 4 nitrogen and oxygen atoms in total. The summed E-state index contributed by atoms with van der Waals surface area (Å²) in [7, 11) is 0. The van der Waals surface area contributed by atoms with Crippen LogP contribution in [-0.4, -0.2) is 17.5 Å². The summed E-state index contributed by atoms with van der Waals surface area (Å²) in [6, 6.07) is 12.9. The van der Waals surface area contributed by atoms with Crippen LogP contribution < -0.4 is 4.90 Å². The number of hydrogen-bond acceptors (Lipinski definition) is 3. The lowest BCUT2D eigenvalue weighted by molar-refractivity contribution is -0.522. The fourth-order valence-electron chi connectivity index (χ4n) is 3.16. The van der Waals surface area contributed by atoms with Crippen LogP contribution in [0, 0.1) is 15.9 Å². The van der Waals surface area contributed by atoms with E-state index in [9.17, 15) is 14.5 Å². The third kappa shape index (κ3) is 2.54. The van der Waals surface area contributed by atoms with Gasteiger partial charge >= 0.3 is 0 Å². The number of halogens is 1. The van der Waals surface area contributed by atoms with Gasteiger partial charge in [0.2, 0.25) is 6.04 Å².